The number of thiophene rings is 1. The van der Waals surface area contributed by atoms with Gasteiger partial charge in [-0.15, -0.1) is 11.3 Å². The predicted molar refractivity (Wildman–Crippen MR) is 81.1 cm³/mol. The molecule has 2 heteroatoms. The molecule has 1 nitrogen and oxygen atoms in total. The third-order valence-electron chi connectivity index (χ3n) is 3.32. The molecule has 1 heterocycles. The van der Waals surface area contributed by atoms with Gasteiger partial charge in [0.15, 0.2) is 0 Å². The van der Waals surface area contributed by atoms with Crippen molar-refractivity contribution in [1.29, 1.82) is 0 Å². The van der Waals surface area contributed by atoms with Gasteiger partial charge in [-0.05, 0) is 43.1 Å². The largest absolute Gasteiger partial charge is 0.312 e. The van der Waals surface area contributed by atoms with Crippen LogP contribution < -0.4 is 5.32 Å². The first-order valence-corrected chi connectivity index (χ1v) is 7.28. The molecule has 0 amide bonds. The van der Waals surface area contributed by atoms with Crippen molar-refractivity contribution in [2.24, 2.45) is 5.92 Å². The van der Waals surface area contributed by atoms with Crippen LogP contribution in [0.1, 0.15) is 30.3 Å². The summed E-state index contributed by atoms with van der Waals surface area (Å²) in [5, 5.41) is 3.41. The van der Waals surface area contributed by atoms with Crippen molar-refractivity contribution in [2.45, 2.75) is 26.8 Å². The number of hydrogen-bond acceptors (Lipinski definition) is 2. The Morgan fingerprint density at radius 3 is 2.39 bits per heavy atom. The standard InChI is InChI=1S/C16H21NS/c1-11(2)16(17-4)15-10-9-14(18-15)13-8-6-5-7-12(13)3/h5-11,16-17H,1-4H3. The van der Waals surface area contributed by atoms with Gasteiger partial charge in [0.2, 0.25) is 0 Å². The zero-order valence-corrected chi connectivity index (χ0v) is 12.3. The fraction of sp³-hybridized carbons (Fsp3) is 0.375. The Kier molecular flexibility index (Phi) is 4.20. The van der Waals surface area contributed by atoms with Gasteiger partial charge in [-0.1, -0.05) is 38.1 Å². The summed E-state index contributed by atoms with van der Waals surface area (Å²) in [6, 6.07) is 13.5. The molecule has 0 aliphatic heterocycles. The Morgan fingerprint density at radius 1 is 1.06 bits per heavy atom. The Bertz CT molecular complexity index is 513. The van der Waals surface area contributed by atoms with Crippen molar-refractivity contribution in [2.75, 3.05) is 7.05 Å². The molecule has 0 spiro atoms. The highest BCUT2D eigenvalue weighted by Crippen LogP contribution is 2.35. The fourth-order valence-electron chi connectivity index (χ4n) is 2.32. The van der Waals surface area contributed by atoms with Crippen LogP contribution in [0.2, 0.25) is 0 Å². The van der Waals surface area contributed by atoms with E-state index in [4.69, 9.17) is 0 Å². The van der Waals surface area contributed by atoms with Gasteiger partial charge in [0.1, 0.15) is 0 Å². The quantitative estimate of drug-likeness (QED) is 0.843. The Balaban J connectivity index is 2.34. The van der Waals surface area contributed by atoms with E-state index in [1.54, 1.807) is 0 Å². The molecule has 1 aromatic carbocycles. The summed E-state index contributed by atoms with van der Waals surface area (Å²) in [5.41, 5.74) is 2.70. The lowest BCUT2D eigenvalue weighted by molar-refractivity contribution is 0.449. The van der Waals surface area contributed by atoms with E-state index in [0.717, 1.165) is 0 Å². The van der Waals surface area contributed by atoms with E-state index in [1.165, 1.54) is 20.9 Å². The number of hydrogen-bond donors (Lipinski definition) is 1. The highest BCUT2D eigenvalue weighted by atomic mass is 32.1. The maximum absolute atomic E-state index is 3.41. The van der Waals surface area contributed by atoms with Gasteiger partial charge >= 0.3 is 0 Å². The van der Waals surface area contributed by atoms with Crippen LogP contribution in [-0.2, 0) is 0 Å². The monoisotopic (exact) mass is 259 g/mol. The topological polar surface area (TPSA) is 12.0 Å². The summed E-state index contributed by atoms with van der Waals surface area (Å²) in [7, 11) is 2.04. The van der Waals surface area contributed by atoms with Gasteiger partial charge in [0.05, 0.1) is 0 Å². The van der Waals surface area contributed by atoms with E-state index in [-0.39, 0.29) is 0 Å². The molecule has 1 atom stereocenters. The van der Waals surface area contributed by atoms with Crippen LogP contribution in [0.15, 0.2) is 36.4 Å². The number of benzene rings is 1. The first-order valence-electron chi connectivity index (χ1n) is 6.46. The normalized spacial score (nSPS) is 12.9. The third-order valence-corrected chi connectivity index (χ3v) is 4.52. The van der Waals surface area contributed by atoms with Crippen molar-refractivity contribution in [1.82, 2.24) is 5.32 Å². The van der Waals surface area contributed by atoms with Gasteiger partial charge in [0.25, 0.3) is 0 Å². The molecule has 1 N–H and O–H groups in total. The Morgan fingerprint density at radius 2 is 1.78 bits per heavy atom. The Hall–Kier alpha value is -1.12. The summed E-state index contributed by atoms with van der Waals surface area (Å²) < 4.78 is 0. The molecular formula is C16H21NS. The predicted octanol–water partition coefficient (Wildman–Crippen LogP) is 4.64. The summed E-state index contributed by atoms with van der Waals surface area (Å²) >= 11 is 1.90. The zero-order chi connectivity index (χ0) is 13.1. The minimum atomic E-state index is 0.452. The Labute approximate surface area is 114 Å². The van der Waals surface area contributed by atoms with Crippen molar-refractivity contribution >= 4 is 11.3 Å². The first-order chi connectivity index (χ1) is 8.63. The van der Waals surface area contributed by atoms with Crippen LogP contribution in [0, 0.1) is 12.8 Å². The second kappa shape index (κ2) is 5.68. The minimum absolute atomic E-state index is 0.452. The molecule has 1 unspecified atom stereocenters. The molecule has 0 saturated carbocycles. The lowest BCUT2D eigenvalue weighted by atomic mass is 10.0. The van der Waals surface area contributed by atoms with Gasteiger partial charge < -0.3 is 5.32 Å². The van der Waals surface area contributed by atoms with Crippen molar-refractivity contribution in [3.8, 4) is 10.4 Å². The lowest BCUT2D eigenvalue weighted by Gasteiger charge is -2.18. The molecule has 0 bridgehead atoms. The maximum Gasteiger partial charge on any atom is 0.0435 e. The van der Waals surface area contributed by atoms with E-state index in [2.05, 4.69) is 62.5 Å². The third kappa shape index (κ3) is 2.65. The summed E-state index contributed by atoms with van der Waals surface area (Å²) in [6.45, 7) is 6.69. The average molecular weight is 259 g/mol. The number of rotatable bonds is 4. The summed E-state index contributed by atoms with van der Waals surface area (Å²) in [6.07, 6.45) is 0. The molecule has 0 fully saturated rings. The molecule has 96 valence electrons. The maximum atomic E-state index is 3.41. The minimum Gasteiger partial charge on any atom is -0.312 e. The van der Waals surface area contributed by atoms with Gasteiger partial charge in [-0.3, -0.25) is 0 Å². The van der Waals surface area contributed by atoms with Gasteiger partial charge in [-0.25, -0.2) is 0 Å². The molecule has 18 heavy (non-hydrogen) atoms. The molecule has 1 aromatic heterocycles. The van der Waals surface area contributed by atoms with Crippen LogP contribution >= 0.6 is 11.3 Å². The highest BCUT2D eigenvalue weighted by Gasteiger charge is 2.16. The molecule has 0 saturated heterocycles. The smallest absolute Gasteiger partial charge is 0.0435 e. The molecule has 2 rings (SSSR count). The molecule has 2 aromatic rings. The van der Waals surface area contributed by atoms with Crippen LogP contribution in [0.4, 0.5) is 0 Å². The average Bonchev–Trinajstić information content (AvgIpc) is 2.79. The number of aryl methyl sites for hydroxylation is 1. The van der Waals surface area contributed by atoms with E-state index >= 15 is 0 Å². The van der Waals surface area contributed by atoms with Gasteiger partial charge in [0, 0.05) is 15.8 Å². The van der Waals surface area contributed by atoms with Crippen LogP contribution in [0.3, 0.4) is 0 Å². The first kappa shape index (κ1) is 13.3. The summed E-state index contributed by atoms with van der Waals surface area (Å²) in [5.74, 6) is 0.610. The van der Waals surface area contributed by atoms with Crippen molar-refractivity contribution < 1.29 is 0 Å². The number of nitrogens with one attached hydrogen (secondary N) is 1. The van der Waals surface area contributed by atoms with Gasteiger partial charge in [-0.2, -0.15) is 0 Å². The van der Waals surface area contributed by atoms with E-state index in [9.17, 15) is 0 Å². The van der Waals surface area contributed by atoms with Crippen LogP contribution in [0.5, 0.6) is 0 Å². The van der Waals surface area contributed by atoms with Crippen LogP contribution in [-0.4, -0.2) is 7.05 Å². The van der Waals surface area contributed by atoms with Crippen molar-refractivity contribution in [3.05, 3.63) is 46.8 Å². The zero-order valence-electron chi connectivity index (χ0n) is 11.5. The highest BCUT2D eigenvalue weighted by molar-refractivity contribution is 7.15. The second-order valence-electron chi connectivity index (χ2n) is 5.03. The van der Waals surface area contributed by atoms with E-state index < -0.39 is 0 Å². The molecule has 0 aliphatic rings. The lowest BCUT2D eigenvalue weighted by Crippen LogP contribution is -2.20. The van der Waals surface area contributed by atoms with E-state index in [1.807, 2.05) is 18.4 Å². The molecular weight excluding hydrogens is 238 g/mol. The molecule has 0 aliphatic carbocycles. The summed E-state index contributed by atoms with van der Waals surface area (Å²) in [4.78, 5) is 2.79. The van der Waals surface area contributed by atoms with E-state index in [0.29, 0.717) is 12.0 Å². The van der Waals surface area contributed by atoms with Crippen molar-refractivity contribution in [3.63, 3.8) is 0 Å². The second-order valence-corrected chi connectivity index (χ2v) is 6.14. The fourth-order valence-corrected chi connectivity index (χ4v) is 3.70. The van der Waals surface area contributed by atoms with Crippen LogP contribution in [0.25, 0.3) is 10.4 Å². The molecule has 0 radical (unpaired) electrons. The SMILES string of the molecule is CNC(c1ccc(-c2ccccc2C)s1)C(C)C.